The summed E-state index contributed by atoms with van der Waals surface area (Å²) < 4.78 is 0. The number of carbonyl (C=O) groups is 2. The average molecular weight is 330 g/mol. The Bertz CT molecular complexity index is 593. The van der Waals surface area contributed by atoms with Crippen molar-refractivity contribution in [2.24, 2.45) is 5.92 Å². The second-order valence-corrected chi connectivity index (χ2v) is 5.22. The number of nitro groups is 1. The van der Waals surface area contributed by atoms with E-state index in [0.717, 1.165) is 0 Å². The van der Waals surface area contributed by atoms with Gasteiger partial charge in [0.25, 0.3) is 5.69 Å². The molecule has 0 radical (unpaired) electrons. The van der Waals surface area contributed by atoms with Crippen LogP contribution in [0, 0.1) is 16.0 Å². The Labute approximate surface area is 131 Å². The first-order valence-electron chi connectivity index (χ1n) is 6.37. The quantitative estimate of drug-likeness (QED) is 0.613. The number of nitro benzene ring substituents is 1. The topological polar surface area (TPSA) is 113 Å². The van der Waals surface area contributed by atoms with Crippen LogP contribution in [0.2, 0.25) is 5.02 Å². The van der Waals surface area contributed by atoms with Gasteiger partial charge in [-0.3, -0.25) is 14.9 Å². The van der Waals surface area contributed by atoms with Crippen molar-refractivity contribution in [1.29, 1.82) is 0 Å². The molecule has 0 spiro atoms. The molecular formula is C13H16ClN3O5. The minimum absolute atomic E-state index is 0.00510. The van der Waals surface area contributed by atoms with Crippen LogP contribution in [0.15, 0.2) is 18.2 Å². The van der Waals surface area contributed by atoms with Gasteiger partial charge in [0.1, 0.15) is 0 Å². The van der Waals surface area contributed by atoms with Gasteiger partial charge < -0.3 is 15.3 Å². The Kier molecular flexibility index (Phi) is 6.11. The molecule has 0 bridgehead atoms. The van der Waals surface area contributed by atoms with E-state index in [1.807, 2.05) is 0 Å². The van der Waals surface area contributed by atoms with Gasteiger partial charge in [0.15, 0.2) is 0 Å². The molecule has 1 unspecified atom stereocenters. The molecular weight excluding hydrogens is 314 g/mol. The molecule has 0 aromatic heterocycles. The maximum Gasteiger partial charge on any atom is 0.317 e. The third-order valence-corrected chi connectivity index (χ3v) is 3.35. The van der Waals surface area contributed by atoms with Crippen LogP contribution in [-0.2, 0) is 11.3 Å². The van der Waals surface area contributed by atoms with Crippen LogP contribution in [0.5, 0.6) is 0 Å². The van der Waals surface area contributed by atoms with Crippen molar-refractivity contribution in [3.63, 3.8) is 0 Å². The Morgan fingerprint density at radius 3 is 2.68 bits per heavy atom. The molecule has 0 aliphatic rings. The largest absolute Gasteiger partial charge is 0.481 e. The van der Waals surface area contributed by atoms with E-state index >= 15 is 0 Å². The van der Waals surface area contributed by atoms with E-state index in [-0.39, 0.29) is 18.8 Å². The van der Waals surface area contributed by atoms with Crippen molar-refractivity contribution < 1.29 is 19.6 Å². The van der Waals surface area contributed by atoms with Crippen LogP contribution in [0.4, 0.5) is 10.5 Å². The highest BCUT2D eigenvalue weighted by atomic mass is 35.5. The second-order valence-electron chi connectivity index (χ2n) is 4.81. The highest BCUT2D eigenvalue weighted by Crippen LogP contribution is 2.21. The molecule has 0 saturated carbocycles. The van der Waals surface area contributed by atoms with Crippen LogP contribution in [-0.4, -0.2) is 40.5 Å². The summed E-state index contributed by atoms with van der Waals surface area (Å²) in [7, 11) is 1.46. The monoisotopic (exact) mass is 329 g/mol. The Morgan fingerprint density at radius 1 is 1.50 bits per heavy atom. The number of carboxylic acid groups (broad SMARTS) is 1. The minimum atomic E-state index is -0.999. The predicted octanol–water partition coefficient (Wildman–Crippen LogP) is 2.11. The lowest BCUT2D eigenvalue weighted by molar-refractivity contribution is -0.384. The highest BCUT2D eigenvalue weighted by Gasteiger charge is 2.17. The Balaban J connectivity index is 2.65. The fraction of sp³-hybridized carbons (Fsp3) is 0.385. The van der Waals surface area contributed by atoms with Gasteiger partial charge in [-0.15, -0.1) is 0 Å². The second kappa shape index (κ2) is 7.60. The zero-order valence-corrected chi connectivity index (χ0v) is 12.8. The lowest BCUT2D eigenvalue weighted by Crippen LogP contribution is -2.40. The van der Waals surface area contributed by atoms with Crippen LogP contribution in [0.3, 0.4) is 0 Å². The zero-order chi connectivity index (χ0) is 16.9. The molecule has 1 rings (SSSR count). The van der Waals surface area contributed by atoms with Crippen molar-refractivity contribution in [3.8, 4) is 0 Å². The van der Waals surface area contributed by atoms with E-state index in [1.54, 1.807) is 0 Å². The van der Waals surface area contributed by atoms with Gasteiger partial charge in [0.2, 0.25) is 0 Å². The summed E-state index contributed by atoms with van der Waals surface area (Å²) in [4.78, 5) is 34.0. The summed E-state index contributed by atoms with van der Waals surface area (Å²) in [5.41, 5.74) is 0.283. The van der Waals surface area contributed by atoms with Gasteiger partial charge >= 0.3 is 12.0 Å². The van der Waals surface area contributed by atoms with Crippen molar-refractivity contribution >= 4 is 29.3 Å². The first-order chi connectivity index (χ1) is 10.2. The van der Waals surface area contributed by atoms with Crippen LogP contribution >= 0.6 is 11.6 Å². The third kappa shape index (κ3) is 4.88. The molecule has 1 aromatic rings. The van der Waals surface area contributed by atoms with Gasteiger partial charge in [-0.05, 0) is 11.6 Å². The lowest BCUT2D eigenvalue weighted by Gasteiger charge is -2.20. The summed E-state index contributed by atoms with van der Waals surface area (Å²) in [5.74, 6) is -1.70. The maximum absolute atomic E-state index is 11.8. The smallest absolute Gasteiger partial charge is 0.317 e. The number of amides is 2. The molecule has 0 saturated heterocycles. The molecule has 1 atom stereocenters. The summed E-state index contributed by atoms with van der Waals surface area (Å²) >= 11 is 5.92. The number of carboxylic acids is 1. The summed E-state index contributed by atoms with van der Waals surface area (Å²) in [6.45, 7) is 1.54. The van der Waals surface area contributed by atoms with Gasteiger partial charge in [0.05, 0.1) is 10.8 Å². The van der Waals surface area contributed by atoms with E-state index in [4.69, 9.17) is 16.7 Å². The predicted molar refractivity (Wildman–Crippen MR) is 79.8 cm³/mol. The van der Waals surface area contributed by atoms with Gasteiger partial charge in [-0.1, -0.05) is 18.5 Å². The van der Waals surface area contributed by atoms with E-state index < -0.39 is 22.8 Å². The normalized spacial score (nSPS) is 11.6. The number of non-ortho nitro benzene ring substituents is 1. The molecule has 0 aliphatic carbocycles. The number of benzene rings is 1. The first-order valence-corrected chi connectivity index (χ1v) is 6.74. The standard InChI is InChI=1S/C13H16ClN3O5/c1-8(12(18)19)7-16(2)13(20)15-6-9-5-10(17(21)22)3-4-11(9)14/h3-5,8H,6-7H2,1-2H3,(H,15,20)(H,18,19). The van der Waals surface area contributed by atoms with Crippen LogP contribution < -0.4 is 5.32 Å². The lowest BCUT2D eigenvalue weighted by atomic mass is 10.2. The van der Waals surface area contributed by atoms with E-state index in [1.165, 1.54) is 37.1 Å². The molecule has 0 aliphatic heterocycles. The summed E-state index contributed by atoms with van der Waals surface area (Å²) in [5, 5.41) is 22.3. The van der Waals surface area contributed by atoms with Crippen molar-refractivity contribution in [2.75, 3.05) is 13.6 Å². The van der Waals surface area contributed by atoms with E-state index in [9.17, 15) is 19.7 Å². The molecule has 120 valence electrons. The minimum Gasteiger partial charge on any atom is -0.481 e. The van der Waals surface area contributed by atoms with Gasteiger partial charge in [0, 0.05) is 37.3 Å². The van der Waals surface area contributed by atoms with Crippen LogP contribution in [0.25, 0.3) is 0 Å². The number of aliphatic carboxylic acids is 1. The number of hydrogen-bond donors (Lipinski definition) is 2. The number of nitrogens with one attached hydrogen (secondary N) is 1. The van der Waals surface area contributed by atoms with Gasteiger partial charge in [-0.25, -0.2) is 4.79 Å². The molecule has 9 heteroatoms. The molecule has 2 N–H and O–H groups in total. The number of nitrogens with zero attached hydrogens (tertiary/aromatic N) is 2. The molecule has 2 amide bonds. The summed E-state index contributed by atoms with van der Waals surface area (Å²) in [6, 6.07) is 3.45. The zero-order valence-electron chi connectivity index (χ0n) is 12.1. The molecule has 1 aromatic carbocycles. The SMILES string of the molecule is CC(CN(C)C(=O)NCc1cc([N+](=O)[O-])ccc1Cl)C(=O)O. The van der Waals surface area contributed by atoms with Crippen molar-refractivity contribution in [3.05, 3.63) is 38.9 Å². The first kappa shape index (κ1) is 17.7. The molecule has 0 heterocycles. The number of halogens is 1. The van der Waals surface area contributed by atoms with Crippen LogP contribution in [0.1, 0.15) is 12.5 Å². The average Bonchev–Trinajstić information content (AvgIpc) is 2.45. The number of rotatable bonds is 6. The number of urea groups is 1. The molecule has 0 fully saturated rings. The van der Waals surface area contributed by atoms with Crippen molar-refractivity contribution in [2.45, 2.75) is 13.5 Å². The van der Waals surface area contributed by atoms with E-state index in [2.05, 4.69) is 5.32 Å². The van der Waals surface area contributed by atoms with Crippen molar-refractivity contribution in [1.82, 2.24) is 10.2 Å². The molecule has 8 nitrogen and oxygen atoms in total. The maximum atomic E-state index is 11.8. The number of hydrogen-bond acceptors (Lipinski definition) is 4. The van der Waals surface area contributed by atoms with E-state index in [0.29, 0.717) is 10.6 Å². The fourth-order valence-electron chi connectivity index (χ4n) is 1.69. The fourth-order valence-corrected chi connectivity index (χ4v) is 1.87. The van der Waals surface area contributed by atoms with Gasteiger partial charge in [-0.2, -0.15) is 0 Å². The third-order valence-electron chi connectivity index (χ3n) is 2.99. The summed E-state index contributed by atoms with van der Waals surface area (Å²) in [6.07, 6.45) is 0. The molecule has 22 heavy (non-hydrogen) atoms. The Morgan fingerprint density at radius 2 is 2.14 bits per heavy atom. The highest BCUT2D eigenvalue weighted by molar-refractivity contribution is 6.31. The number of carbonyl (C=O) groups excluding carboxylic acids is 1. The Hall–Kier alpha value is -2.35.